The molecular formula is C12H10N2O2. The highest BCUT2D eigenvalue weighted by Gasteiger charge is 2.05. The summed E-state index contributed by atoms with van der Waals surface area (Å²) in [4.78, 5) is 10.8. The van der Waals surface area contributed by atoms with E-state index in [0.29, 0.717) is 5.76 Å². The van der Waals surface area contributed by atoms with Crippen LogP contribution in [0.4, 0.5) is 0 Å². The van der Waals surface area contributed by atoms with E-state index in [4.69, 9.17) is 10.3 Å². The maximum atomic E-state index is 10.8. The van der Waals surface area contributed by atoms with Crippen LogP contribution in [0.5, 0.6) is 0 Å². The molecule has 16 heavy (non-hydrogen) atoms. The number of amides is 1. The first-order valence-corrected chi connectivity index (χ1v) is 4.75. The molecule has 0 radical (unpaired) electrons. The molecule has 0 saturated carbocycles. The Morgan fingerprint density at radius 2 is 2.00 bits per heavy atom. The van der Waals surface area contributed by atoms with Gasteiger partial charge in [-0.15, -0.1) is 0 Å². The minimum Gasteiger partial charge on any atom is -0.364 e. The van der Waals surface area contributed by atoms with E-state index in [9.17, 15) is 4.79 Å². The van der Waals surface area contributed by atoms with Crippen molar-refractivity contribution in [3.63, 3.8) is 0 Å². The second-order valence-electron chi connectivity index (χ2n) is 3.22. The Morgan fingerprint density at radius 1 is 1.25 bits per heavy atom. The fourth-order valence-electron chi connectivity index (χ4n) is 1.23. The Morgan fingerprint density at radius 3 is 2.62 bits per heavy atom. The first kappa shape index (κ1) is 10.2. The van der Waals surface area contributed by atoms with Gasteiger partial charge in [-0.3, -0.25) is 4.79 Å². The van der Waals surface area contributed by atoms with Crippen LogP contribution in [-0.2, 0) is 0 Å². The van der Waals surface area contributed by atoms with Crippen molar-refractivity contribution in [2.45, 2.75) is 0 Å². The number of rotatable bonds is 3. The van der Waals surface area contributed by atoms with Crippen molar-refractivity contribution >= 4 is 18.1 Å². The molecule has 2 N–H and O–H groups in total. The fraction of sp³-hybridized carbons (Fsp3) is 0. The van der Waals surface area contributed by atoms with Crippen molar-refractivity contribution in [3.8, 4) is 0 Å². The lowest BCUT2D eigenvalue weighted by Crippen LogP contribution is -2.10. The summed E-state index contributed by atoms with van der Waals surface area (Å²) in [6.45, 7) is 0. The molecule has 4 nitrogen and oxygen atoms in total. The van der Waals surface area contributed by atoms with Gasteiger partial charge in [0.2, 0.25) is 0 Å². The standard InChI is InChI=1S/C12H10N2O2/c13-12(15)11-8-10(16-14-11)7-6-9-4-2-1-3-5-9/h1-8H,(H2,13,15)/b7-6-. The van der Waals surface area contributed by atoms with Crippen molar-refractivity contribution in [2.75, 3.05) is 0 Å². The van der Waals surface area contributed by atoms with Crippen molar-refractivity contribution < 1.29 is 9.32 Å². The largest absolute Gasteiger partial charge is 0.364 e. The third-order valence-electron chi connectivity index (χ3n) is 2.02. The molecule has 0 aliphatic heterocycles. The molecule has 0 saturated heterocycles. The molecule has 2 aromatic rings. The van der Waals surface area contributed by atoms with Crippen LogP contribution >= 0.6 is 0 Å². The second kappa shape index (κ2) is 4.44. The van der Waals surface area contributed by atoms with Gasteiger partial charge in [-0.05, 0) is 11.6 Å². The number of hydrogen-bond acceptors (Lipinski definition) is 3. The average molecular weight is 214 g/mol. The van der Waals surface area contributed by atoms with E-state index in [2.05, 4.69) is 5.16 Å². The van der Waals surface area contributed by atoms with Crippen molar-refractivity contribution in [2.24, 2.45) is 5.73 Å². The fourth-order valence-corrected chi connectivity index (χ4v) is 1.23. The van der Waals surface area contributed by atoms with Crippen LogP contribution in [0.1, 0.15) is 21.8 Å². The summed E-state index contributed by atoms with van der Waals surface area (Å²) in [6.07, 6.45) is 3.60. The molecule has 0 atom stereocenters. The minimum absolute atomic E-state index is 0.132. The normalized spacial score (nSPS) is 10.8. The van der Waals surface area contributed by atoms with Gasteiger partial charge in [0.15, 0.2) is 11.5 Å². The minimum atomic E-state index is -0.594. The predicted molar refractivity (Wildman–Crippen MR) is 60.4 cm³/mol. The van der Waals surface area contributed by atoms with Gasteiger partial charge in [0.05, 0.1) is 0 Å². The highest BCUT2D eigenvalue weighted by Crippen LogP contribution is 2.09. The lowest BCUT2D eigenvalue weighted by molar-refractivity contribution is 0.0991. The van der Waals surface area contributed by atoms with Crippen LogP contribution in [0.15, 0.2) is 40.9 Å². The number of benzene rings is 1. The number of nitrogens with zero attached hydrogens (tertiary/aromatic N) is 1. The quantitative estimate of drug-likeness (QED) is 0.848. The van der Waals surface area contributed by atoms with Gasteiger partial charge in [-0.2, -0.15) is 0 Å². The van der Waals surface area contributed by atoms with Gasteiger partial charge >= 0.3 is 0 Å². The zero-order chi connectivity index (χ0) is 11.4. The molecule has 1 heterocycles. The molecule has 0 fully saturated rings. The monoisotopic (exact) mass is 214 g/mol. The Balaban J connectivity index is 2.15. The van der Waals surface area contributed by atoms with Crippen LogP contribution in [0.2, 0.25) is 0 Å². The van der Waals surface area contributed by atoms with E-state index >= 15 is 0 Å². The van der Waals surface area contributed by atoms with Crippen molar-refractivity contribution in [3.05, 3.63) is 53.4 Å². The van der Waals surface area contributed by atoms with Crippen molar-refractivity contribution in [1.29, 1.82) is 0 Å². The van der Waals surface area contributed by atoms with E-state index in [-0.39, 0.29) is 5.69 Å². The number of primary amides is 1. The first-order chi connectivity index (χ1) is 7.75. The molecule has 1 aromatic carbocycles. The maximum Gasteiger partial charge on any atom is 0.270 e. The molecule has 1 aromatic heterocycles. The van der Waals surface area contributed by atoms with E-state index in [1.165, 1.54) is 6.07 Å². The van der Waals surface area contributed by atoms with Gasteiger partial charge in [0.1, 0.15) is 0 Å². The smallest absolute Gasteiger partial charge is 0.270 e. The maximum absolute atomic E-state index is 10.8. The average Bonchev–Trinajstić information content (AvgIpc) is 2.76. The van der Waals surface area contributed by atoms with Gasteiger partial charge in [0, 0.05) is 6.07 Å². The summed E-state index contributed by atoms with van der Waals surface area (Å²) in [5.74, 6) is -0.0965. The summed E-state index contributed by atoms with van der Waals surface area (Å²) in [7, 11) is 0. The number of carbonyl (C=O) groups is 1. The first-order valence-electron chi connectivity index (χ1n) is 4.75. The third kappa shape index (κ3) is 2.36. The van der Waals surface area contributed by atoms with E-state index < -0.39 is 5.91 Å². The topological polar surface area (TPSA) is 69.1 Å². The molecular weight excluding hydrogens is 204 g/mol. The van der Waals surface area contributed by atoms with Crippen molar-refractivity contribution in [1.82, 2.24) is 5.16 Å². The van der Waals surface area contributed by atoms with Crippen LogP contribution in [-0.4, -0.2) is 11.1 Å². The molecule has 1 amide bonds. The molecule has 0 aliphatic rings. The van der Waals surface area contributed by atoms with Crippen LogP contribution in [0.3, 0.4) is 0 Å². The predicted octanol–water partition coefficient (Wildman–Crippen LogP) is 1.94. The lowest BCUT2D eigenvalue weighted by atomic mass is 10.2. The van der Waals surface area contributed by atoms with E-state index in [1.807, 2.05) is 36.4 Å². The molecule has 0 aliphatic carbocycles. The molecule has 80 valence electrons. The number of nitrogens with two attached hydrogens (primary N) is 1. The zero-order valence-electron chi connectivity index (χ0n) is 8.46. The molecule has 0 unspecified atom stereocenters. The highest BCUT2D eigenvalue weighted by molar-refractivity contribution is 5.91. The van der Waals surface area contributed by atoms with E-state index in [1.54, 1.807) is 6.08 Å². The Kier molecular flexibility index (Phi) is 2.82. The van der Waals surface area contributed by atoms with Gasteiger partial charge in [-0.1, -0.05) is 41.6 Å². The Hall–Kier alpha value is -2.36. The van der Waals surface area contributed by atoms with Crippen LogP contribution < -0.4 is 5.73 Å². The number of carbonyl (C=O) groups excluding carboxylic acids is 1. The number of hydrogen-bond donors (Lipinski definition) is 1. The second-order valence-corrected chi connectivity index (χ2v) is 3.22. The molecule has 0 spiro atoms. The third-order valence-corrected chi connectivity index (χ3v) is 2.02. The lowest BCUT2D eigenvalue weighted by Gasteiger charge is -1.88. The van der Waals surface area contributed by atoms with Gasteiger partial charge in [-0.25, -0.2) is 0 Å². The Labute approximate surface area is 92.4 Å². The van der Waals surface area contributed by atoms with Crippen LogP contribution in [0, 0.1) is 0 Å². The van der Waals surface area contributed by atoms with Gasteiger partial charge in [0.25, 0.3) is 5.91 Å². The summed E-state index contributed by atoms with van der Waals surface area (Å²) in [6, 6.07) is 11.2. The molecule has 0 bridgehead atoms. The summed E-state index contributed by atoms with van der Waals surface area (Å²) in [5, 5.41) is 3.53. The summed E-state index contributed by atoms with van der Waals surface area (Å²) >= 11 is 0. The SMILES string of the molecule is NC(=O)c1cc(/C=C\c2ccccc2)on1. The zero-order valence-corrected chi connectivity index (χ0v) is 8.46. The highest BCUT2D eigenvalue weighted by atomic mass is 16.5. The molecule has 2 rings (SSSR count). The summed E-state index contributed by atoms with van der Waals surface area (Å²) in [5.41, 5.74) is 6.22. The van der Waals surface area contributed by atoms with Gasteiger partial charge < -0.3 is 10.3 Å². The Bertz CT molecular complexity index is 515. The number of aromatic nitrogens is 1. The summed E-state index contributed by atoms with van der Waals surface area (Å²) < 4.78 is 4.91. The van der Waals surface area contributed by atoms with Crippen LogP contribution in [0.25, 0.3) is 12.2 Å². The van der Waals surface area contributed by atoms with E-state index in [0.717, 1.165) is 5.56 Å². The molecule has 4 heteroatoms.